The van der Waals surface area contributed by atoms with Crippen molar-refractivity contribution >= 4 is 16.5 Å². The minimum Gasteiger partial charge on any atom is -0.342 e. The third-order valence-electron chi connectivity index (χ3n) is 2.14. The molecule has 3 nitrogen and oxygen atoms in total. The first-order chi connectivity index (χ1) is 8.28. The highest BCUT2D eigenvalue weighted by Crippen LogP contribution is 2.25. The molecule has 0 amide bonds. The average molecular weight is 281 g/mol. The lowest BCUT2D eigenvalue weighted by atomic mass is 10.2. The van der Waals surface area contributed by atoms with Gasteiger partial charge >= 0.3 is 6.18 Å². The highest BCUT2D eigenvalue weighted by molar-refractivity contribution is 7.15. The molecule has 0 saturated carbocycles. The van der Waals surface area contributed by atoms with E-state index in [1.54, 1.807) is 6.20 Å². The van der Waals surface area contributed by atoms with E-state index in [2.05, 4.69) is 24.1 Å². The van der Waals surface area contributed by atoms with Crippen LogP contribution in [0.25, 0.3) is 0 Å². The summed E-state index contributed by atoms with van der Waals surface area (Å²) in [7, 11) is 1.40. The number of aromatic nitrogens is 1. The van der Waals surface area contributed by atoms with Gasteiger partial charge in [0.05, 0.1) is 0 Å². The Kier molecular flexibility index (Phi) is 5.40. The Bertz CT molecular complexity index is 363. The summed E-state index contributed by atoms with van der Waals surface area (Å²) in [6.45, 7) is 4.76. The summed E-state index contributed by atoms with van der Waals surface area (Å²) >= 11 is 1.29. The van der Waals surface area contributed by atoms with E-state index < -0.39 is 12.7 Å². The molecule has 7 heteroatoms. The predicted molar refractivity (Wildman–Crippen MR) is 68.0 cm³/mol. The van der Waals surface area contributed by atoms with Crippen LogP contribution in [-0.2, 0) is 6.54 Å². The first-order valence-electron chi connectivity index (χ1n) is 5.71. The minimum atomic E-state index is -4.20. The Balaban J connectivity index is 2.47. The molecular formula is C11H18F3N3S. The number of anilines is 1. The third-order valence-corrected chi connectivity index (χ3v) is 3.25. The predicted octanol–water partition coefficient (Wildman–Crippen LogP) is 2.89. The van der Waals surface area contributed by atoms with Gasteiger partial charge < -0.3 is 10.2 Å². The molecule has 0 aliphatic heterocycles. The molecule has 0 aliphatic carbocycles. The van der Waals surface area contributed by atoms with Crippen LogP contribution < -0.4 is 10.2 Å². The summed E-state index contributed by atoms with van der Waals surface area (Å²) in [6, 6.07) is 0. The zero-order valence-electron chi connectivity index (χ0n) is 10.7. The third kappa shape index (κ3) is 5.68. The van der Waals surface area contributed by atoms with Crippen LogP contribution in [0.15, 0.2) is 6.20 Å². The number of nitrogens with zero attached hydrogens (tertiary/aromatic N) is 2. The molecule has 0 radical (unpaired) electrons. The van der Waals surface area contributed by atoms with E-state index in [1.165, 1.54) is 18.4 Å². The normalized spacial score (nSPS) is 12.2. The van der Waals surface area contributed by atoms with Gasteiger partial charge in [0, 0.05) is 24.7 Å². The number of hydrogen-bond donors (Lipinski definition) is 1. The summed E-state index contributed by atoms with van der Waals surface area (Å²) in [5.41, 5.74) is 0. The molecule has 1 aromatic heterocycles. The molecule has 1 heterocycles. The van der Waals surface area contributed by atoms with E-state index in [1.807, 2.05) is 0 Å². The molecule has 0 aromatic carbocycles. The number of alkyl halides is 3. The van der Waals surface area contributed by atoms with Crippen LogP contribution in [0, 0.1) is 5.92 Å². The van der Waals surface area contributed by atoms with Crippen LogP contribution >= 0.6 is 11.3 Å². The first kappa shape index (κ1) is 15.2. The summed E-state index contributed by atoms with van der Waals surface area (Å²) in [6.07, 6.45) is -2.57. The molecule has 0 bridgehead atoms. The van der Waals surface area contributed by atoms with Gasteiger partial charge in [0.2, 0.25) is 0 Å². The Labute approximate surface area is 109 Å². The quantitative estimate of drug-likeness (QED) is 0.869. The molecular weight excluding hydrogens is 263 g/mol. The van der Waals surface area contributed by atoms with Gasteiger partial charge in [-0.3, -0.25) is 0 Å². The Morgan fingerprint density at radius 1 is 1.44 bits per heavy atom. The van der Waals surface area contributed by atoms with Crippen molar-refractivity contribution in [1.82, 2.24) is 10.3 Å². The number of hydrogen-bond acceptors (Lipinski definition) is 4. The molecule has 0 aliphatic rings. The highest BCUT2D eigenvalue weighted by atomic mass is 32.1. The van der Waals surface area contributed by atoms with E-state index in [4.69, 9.17) is 0 Å². The van der Waals surface area contributed by atoms with Crippen molar-refractivity contribution < 1.29 is 13.2 Å². The summed E-state index contributed by atoms with van der Waals surface area (Å²) < 4.78 is 36.6. The second kappa shape index (κ2) is 6.38. The summed E-state index contributed by atoms with van der Waals surface area (Å²) in [5.74, 6) is 0.547. The van der Waals surface area contributed by atoms with Crippen LogP contribution in [0.1, 0.15) is 18.7 Å². The summed E-state index contributed by atoms with van der Waals surface area (Å²) in [5, 5.41) is 3.63. The lowest BCUT2D eigenvalue weighted by Crippen LogP contribution is -2.30. The molecule has 0 fully saturated rings. The van der Waals surface area contributed by atoms with Crippen LogP contribution in [-0.4, -0.2) is 31.3 Å². The summed E-state index contributed by atoms with van der Waals surface area (Å²) in [4.78, 5) is 6.07. The zero-order valence-corrected chi connectivity index (χ0v) is 11.5. The molecule has 1 rings (SSSR count). The molecule has 104 valence electrons. The van der Waals surface area contributed by atoms with E-state index >= 15 is 0 Å². The Morgan fingerprint density at radius 2 is 2.11 bits per heavy atom. The molecule has 0 unspecified atom stereocenters. The van der Waals surface area contributed by atoms with Gasteiger partial charge in [-0.2, -0.15) is 13.2 Å². The van der Waals surface area contributed by atoms with Gasteiger partial charge in [0.15, 0.2) is 5.13 Å². The number of thiazole rings is 1. The SMILES string of the molecule is CC(C)CNCc1cnc(N(C)CC(F)(F)F)s1. The van der Waals surface area contributed by atoms with E-state index in [0.29, 0.717) is 17.6 Å². The fraction of sp³-hybridized carbons (Fsp3) is 0.727. The van der Waals surface area contributed by atoms with Crippen molar-refractivity contribution in [3.8, 4) is 0 Å². The fourth-order valence-corrected chi connectivity index (χ4v) is 2.22. The number of nitrogens with one attached hydrogen (secondary N) is 1. The van der Waals surface area contributed by atoms with Crippen molar-refractivity contribution in [3.05, 3.63) is 11.1 Å². The van der Waals surface area contributed by atoms with Crippen molar-refractivity contribution in [3.63, 3.8) is 0 Å². The van der Waals surface area contributed by atoms with E-state index in [-0.39, 0.29) is 0 Å². The monoisotopic (exact) mass is 281 g/mol. The number of halogens is 3. The van der Waals surface area contributed by atoms with Crippen molar-refractivity contribution in [2.75, 3.05) is 25.0 Å². The second-order valence-electron chi connectivity index (χ2n) is 4.61. The fourth-order valence-electron chi connectivity index (χ4n) is 1.38. The van der Waals surface area contributed by atoms with E-state index in [9.17, 15) is 13.2 Å². The maximum absolute atomic E-state index is 12.2. The van der Waals surface area contributed by atoms with Crippen LogP contribution in [0.5, 0.6) is 0 Å². The first-order valence-corrected chi connectivity index (χ1v) is 6.53. The molecule has 0 atom stereocenters. The molecule has 0 spiro atoms. The van der Waals surface area contributed by atoms with Crippen LogP contribution in [0.3, 0.4) is 0 Å². The maximum atomic E-state index is 12.2. The van der Waals surface area contributed by atoms with Gasteiger partial charge in [-0.1, -0.05) is 13.8 Å². The van der Waals surface area contributed by atoms with Gasteiger partial charge in [-0.15, -0.1) is 11.3 Å². The number of rotatable bonds is 6. The van der Waals surface area contributed by atoms with Gasteiger partial charge in [0.1, 0.15) is 6.54 Å². The topological polar surface area (TPSA) is 28.2 Å². The van der Waals surface area contributed by atoms with Crippen LogP contribution in [0.4, 0.5) is 18.3 Å². The molecule has 1 N–H and O–H groups in total. The maximum Gasteiger partial charge on any atom is 0.405 e. The highest BCUT2D eigenvalue weighted by Gasteiger charge is 2.30. The average Bonchev–Trinajstić information content (AvgIpc) is 2.63. The smallest absolute Gasteiger partial charge is 0.342 e. The standard InChI is InChI=1S/C11H18F3N3S/c1-8(2)4-15-5-9-6-16-10(18-9)17(3)7-11(12,13)14/h6,8,15H,4-5,7H2,1-3H3. The van der Waals surface area contributed by atoms with E-state index in [0.717, 1.165) is 16.3 Å². The van der Waals surface area contributed by atoms with Crippen molar-refractivity contribution in [2.24, 2.45) is 5.92 Å². The zero-order chi connectivity index (χ0) is 13.8. The lowest BCUT2D eigenvalue weighted by Gasteiger charge is -2.17. The molecule has 18 heavy (non-hydrogen) atoms. The van der Waals surface area contributed by atoms with Gasteiger partial charge in [-0.25, -0.2) is 4.98 Å². The Hall–Kier alpha value is -0.820. The van der Waals surface area contributed by atoms with Gasteiger partial charge in [0.25, 0.3) is 0 Å². The lowest BCUT2D eigenvalue weighted by molar-refractivity contribution is -0.119. The van der Waals surface area contributed by atoms with Gasteiger partial charge in [-0.05, 0) is 12.5 Å². The van der Waals surface area contributed by atoms with Crippen molar-refractivity contribution in [1.29, 1.82) is 0 Å². The van der Waals surface area contributed by atoms with Crippen LogP contribution in [0.2, 0.25) is 0 Å². The van der Waals surface area contributed by atoms with Crippen molar-refractivity contribution in [2.45, 2.75) is 26.6 Å². The second-order valence-corrected chi connectivity index (χ2v) is 5.70. The Morgan fingerprint density at radius 3 is 2.67 bits per heavy atom. The molecule has 1 aromatic rings. The minimum absolute atomic E-state index is 0.397. The molecule has 0 saturated heterocycles. The largest absolute Gasteiger partial charge is 0.405 e.